The first kappa shape index (κ1) is 14.0. The maximum Gasteiger partial charge on any atom is 0.157 e. The van der Waals surface area contributed by atoms with Crippen molar-refractivity contribution in [2.45, 2.75) is 13.5 Å². The van der Waals surface area contributed by atoms with Crippen molar-refractivity contribution in [3.63, 3.8) is 0 Å². The van der Waals surface area contributed by atoms with Gasteiger partial charge >= 0.3 is 0 Å². The molecule has 0 saturated heterocycles. The van der Waals surface area contributed by atoms with E-state index >= 15 is 0 Å². The smallest absolute Gasteiger partial charge is 0.157 e. The molecule has 2 rings (SSSR count). The van der Waals surface area contributed by atoms with Crippen LogP contribution >= 0.6 is 0 Å². The third kappa shape index (κ3) is 3.31. The van der Waals surface area contributed by atoms with E-state index < -0.39 is 0 Å². The van der Waals surface area contributed by atoms with Gasteiger partial charge in [-0.05, 0) is 19.1 Å². The van der Waals surface area contributed by atoms with Crippen LogP contribution in [0, 0.1) is 11.3 Å². The number of hydrogen-bond donors (Lipinski definition) is 1. The summed E-state index contributed by atoms with van der Waals surface area (Å²) >= 11 is 0. The minimum atomic E-state index is 0.372. The Morgan fingerprint density at radius 1 is 1.30 bits per heavy atom. The molecular formula is C15H16N4O. The Morgan fingerprint density at radius 3 is 2.85 bits per heavy atom. The van der Waals surface area contributed by atoms with Crippen LogP contribution in [0.5, 0.6) is 0 Å². The number of rotatable bonds is 5. The lowest BCUT2D eigenvalue weighted by atomic mass is 10.1. The maximum atomic E-state index is 8.97. The van der Waals surface area contributed by atoms with Crippen molar-refractivity contribution in [1.29, 1.82) is 5.26 Å². The summed E-state index contributed by atoms with van der Waals surface area (Å²) < 4.78 is 5.35. The Labute approximate surface area is 118 Å². The Bertz CT molecular complexity index is 634. The summed E-state index contributed by atoms with van der Waals surface area (Å²) in [5.41, 5.74) is 2.27. The zero-order valence-electron chi connectivity index (χ0n) is 11.6. The molecule has 0 radical (unpaired) electrons. The Morgan fingerprint density at radius 2 is 2.15 bits per heavy atom. The summed E-state index contributed by atoms with van der Waals surface area (Å²) in [6, 6.07) is 11.3. The number of anilines is 1. The van der Waals surface area contributed by atoms with Gasteiger partial charge < -0.3 is 10.1 Å². The molecule has 0 spiro atoms. The third-order valence-corrected chi connectivity index (χ3v) is 2.75. The van der Waals surface area contributed by atoms with Gasteiger partial charge in [0.15, 0.2) is 5.82 Å². The lowest BCUT2D eigenvalue weighted by molar-refractivity contribution is 0.128. The highest BCUT2D eigenvalue weighted by Crippen LogP contribution is 2.21. The molecule has 2 aromatic rings. The van der Waals surface area contributed by atoms with Gasteiger partial charge in [0, 0.05) is 25.3 Å². The highest BCUT2D eigenvalue weighted by molar-refractivity contribution is 5.64. The molecule has 0 saturated carbocycles. The molecule has 0 bridgehead atoms. The van der Waals surface area contributed by atoms with Crippen molar-refractivity contribution >= 4 is 5.82 Å². The van der Waals surface area contributed by atoms with Crippen LogP contribution in [0.4, 0.5) is 5.82 Å². The average molecular weight is 268 g/mol. The third-order valence-electron chi connectivity index (χ3n) is 2.75. The van der Waals surface area contributed by atoms with E-state index in [4.69, 9.17) is 10.00 Å². The first-order chi connectivity index (χ1) is 9.76. The minimum absolute atomic E-state index is 0.372. The predicted molar refractivity (Wildman–Crippen MR) is 77.1 cm³/mol. The molecule has 102 valence electrons. The van der Waals surface area contributed by atoms with E-state index in [9.17, 15) is 0 Å². The normalized spacial score (nSPS) is 10.1. The van der Waals surface area contributed by atoms with Crippen LogP contribution in [0.2, 0.25) is 0 Å². The van der Waals surface area contributed by atoms with Crippen LogP contribution < -0.4 is 5.32 Å². The fourth-order valence-corrected chi connectivity index (χ4v) is 1.78. The lowest BCUT2D eigenvalue weighted by Crippen LogP contribution is -2.04. The summed E-state index contributed by atoms with van der Waals surface area (Å²) in [5, 5.41) is 12.0. The molecule has 0 aliphatic carbocycles. The summed E-state index contributed by atoms with van der Waals surface area (Å²) in [4.78, 5) is 8.82. The second kappa shape index (κ2) is 6.64. The van der Waals surface area contributed by atoms with Crippen LogP contribution in [-0.4, -0.2) is 23.6 Å². The Hall–Kier alpha value is -2.45. The average Bonchev–Trinajstić information content (AvgIpc) is 2.52. The second-order valence-electron chi connectivity index (χ2n) is 4.13. The van der Waals surface area contributed by atoms with Gasteiger partial charge in [0.1, 0.15) is 12.4 Å². The first-order valence-electron chi connectivity index (χ1n) is 6.40. The summed E-state index contributed by atoms with van der Waals surface area (Å²) in [6.45, 7) is 2.92. The fraction of sp³-hybridized carbons (Fsp3) is 0.267. The van der Waals surface area contributed by atoms with E-state index in [-0.39, 0.29) is 0 Å². The van der Waals surface area contributed by atoms with Crippen molar-refractivity contribution in [3.05, 3.63) is 41.7 Å². The van der Waals surface area contributed by atoms with Gasteiger partial charge in [-0.2, -0.15) is 5.26 Å². The van der Waals surface area contributed by atoms with Crippen LogP contribution in [0.25, 0.3) is 11.3 Å². The van der Waals surface area contributed by atoms with Crippen molar-refractivity contribution in [3.8, 4) is 17.3 Å². The molecule has 0 aliphatic rings. The van der Waals surface area contributed by atoms with Gasteiger partial charge in [-0.15, -0.1) is 0 Å². The highest BCUT2D eigenvalue weighted by Gasteiger charge is 2.07. The standard InChI is InChI=1S/C15H16N4O/c1-3-20-10-15-18-13(8-14(17-2)19-15)12-6-4-5-11(7-12)9-16/h4-8H,3,10H2,1-2H3,(H,17,18,19). The molecule has 5 heteroatoms. The van der Waals surface area contributed by atoms with E-state index in [1.165, 1.54) is 0 Å². The van der Waals surface area contributed by atoms with E-state index in [1.807, 2.05) is 38.2 Å². The second-order valence-corrected chi connectivity index (χ2v) is 4.13. The largest absolute Gasteiger partial charge is 0.374 e. The highest BCUT2D eigenvalue weighted by atomic mass is 16.5. The Kier molecular flexibility index (Phi) is 4.64. The molecular weight excluding hydrogens is 252 g/mol. The predicted octanol–water partition coefficient (Wildman–Crippen LogP) is 2.59. The van der Waals surface area contributed by atoms with Gasteiger partial charge in [0.25, 0.3) is 0 Å². The maximum absolute atomic E-state index is 8.97. The van der Waals surface area contributed by atoms with Gasteiger partial charge in [-0.25, -0.2) is 9.97 Å². The molecule has 1 aromatic heterocycles. The molecule has 0 amide bonds. The molecule has 0 fully saturated rings. The monoisotopic (exact) mass is 268 g/mol. The molecule has 20 heavy (non-hydrogen) atoms. The van der Waals surface area contributed by atoms with Crippen LogP contribution in [0.3, 0.4) is 0 Å². The molecule has 1 N–H and O–H groups in total. The van der Waals surface area contributed by atoms with E-state index in [1.54, 1.807) is 6.07 Å². The molecule has 1 heterocycles. The topological polar surface area (TPSA) is 70.8 Å². The number of aromatic nitrogens is 2. The van der Waals surface area contributed by atoms with Crippen LogP contribution in [0.1, 0.15) is 18.3 Å². The van der Waals surface area contributed by atoms with E-state index in [0.717, 1.165) is 17.1 Å². The van der Waals surface area contributed by atoms with Gasteiger partial charge in [-0.1, -0.05) is 12.1 Å². The van der Waals surface area contributed by atoms with Crippen LogP contribution in [-0.2, 0) is 11.3 Å². The van der Waals surface area contributed by atoms with Gasteiger partial charge in [-0.3, -0.25) is 0 Å². The molecule has 0 atom stereocenters. The van der Waals surface area contributed by atoms with Crippen LogP contribution in [0.15, 0.2) is 30.3 Å². The molecule has 1 aromatic carbocycles. The zero-order valence-corrected chi connectivity index (χ0v) is 11.6. The number of nitriles is 1. The number of hydrogen-bond acceptors (Lipinski definition) is 5. The fourth-order valence-electron chi connectivity index (χ4n) is 1.78. The minimum Gasteiger partial charge on any atom is -0.374 e. The SMILES string of the molecule is CCOCc1nc(NC)cc(-c2cccc(C#N)c2)n1. The number of benzene rings is 1. The number of nitrogens with zero attached hydrogens (tertiary/aromatic N) is 3. The number of ether oxygens (including phenoxy) is 1. The Balaban J connectivity index is 2.41. The quantitative estimate of drug-likeness (QED) is 0.902. The first-order valence-corrected chi connectivity index (χ1v) is 6.40. The van der Waals surface area contributed by atoms with E-state index in [0.29, 0.717) is 24.6 Å². The van der Waals surface area contributed by atoms with Crippen molar-refractivity contribution in [2.75, 3.05) is 19.0 Å². The van der Waals surface area contributed by atoms with Crippen molar-refractivity contribution in [1.82, 2.24) is 9.97 Å². The van der Waals surface area contributed by atoms with Crippen molar-refractivity contribution in [2.24, 2.45) is 0 Å². The van der Waals surface area contributed by atoms with Gasteiger partial charge in [0.05, 0.1) is 17.3 Å². The molecule has 5 nitrogen and oxygen atoms in total. The molecule has 0 unspecified atom stereocenters. The zero-order chi connectivity index (χ0) is 14.4. The summed E-state index contributed by atoms with van der Waals surface area (Å²) in [5.74, 6) is 1.35. The van der Waals surface area contributed by atoms with Gasteiger partial charge in [0.2, 0.25) is 0 Å². The number of nitrogens with one attached hydrogen (secondary N) is 1. The lowest BCUT2D eigenvalue weighted by Gasteiger charge is -2.08. The summed E-state index contributed by atoms with van der Waals surface area (Å²) in [6.07, 6.45) is 0. The van der Waals surface area contributed by atoms with E-state index in [2.05, 4.69) is 21.4 Å². The van der Waals surface area contributed by atoms with Crippen molar-refractivity contribution < 1.29 is 4.74 Å². The summed E-state index contributed by atoms with van der Waals surface area (Å²) in [7, 11) is 1.81. The molecule has 0 aliphatic heterocycles.